The average molecular weight is 331 g/mol. The van der Waals surface area contributed by atoms with Gasteiger partial charge in [-0.05, 0) is 48.6 Å². The van der Waals surface area contributed by atoms with Crippen molar-refractivity contribution in [1.29, 1.82) is 0 Å². The third-order valence-corrected chi connectivity index (χ3v) is 4.38. The van der Waals surface area contributed by atoms with E-state index in [4.69, 9.17) is 0 Å². The van der Waals surface area contributed by atoms with Gasteiger partial charge in [-0.2, -0.15) is 0 Å². The molecule has 0 aliphatic heterocycles. The summed E-state index contributed by atoms with van der Waals surface area (Å²) >= 11 is 0. The van der Waals surface area contributed by atoms with Crippen molar-refractivity contribution in [2.24, 2.45) is 0 Å². The lowest BCUT2D eigenvalue weighted by molar-refractivity contribution is -0.120. The highest BCUT2D eigenvalue weighted by molar-refractivity contribution is 5.98. The van der Waals surface area contributed by atoms with Gasteiger partial charge in [0, 0.05) is 24.0 Å². The second kappa shape index (κ2) is 8.30. The summed E-state index contributed by atoms with van der Waals surface area (Å²) in [5.74, 6) is 5.78. The van der Waals surface area contributed by atoms with Crippen LogP contribution in [0.5, 0.6) is 0 Å². The average Bonchev–Trinajstić information content (AvgIpc) is 3.12. The fourth-order valence-corrected chi connectivity index (χ4v) is 3.02. The Morgan fingerprint density at radius 2 is 1.76 bits per heavy atom. The Labute approximate surface area is 148 Å². The fourth-order valence-electron chi connectivity index (χ4n) is 3.02. The van der Waals surface area contributed by atoms with Gasteiger partial charge < -0.3 is 5.32 Å². The SMILES string of the molecule is O=C(CCC(=O)c1ccc2c(c1)CCC2)NCC#Cc1ccccc1. The standard InChI is InChI=1S/C22H21NO2/c24-21(20-12-11-18-9-4-10-19(18)16-20)13-14-22(25)23-15-5-8-17-6-2-1-3-7-17/h1-3,6-7,11-12,16H,4,9-10,13-15H2,(H,23,25). The van der Waals surface area contributed by atoms with Crippen molar-refractivity contribution in [2.45, 2.75) is 32.1 Å². The number of fused-ring (bicyclic) bond motifs is 1. The zero-order valence-electron chi connectivity index (χ0n) is 14.2. The molecule has 3 rings (SSSR count). The number of Topliss-reactive ketones (excluding diaryl/α,β-unsaturated/α-hetero) is 1. The number of aryl methyl sites for hydroxylation is 2. The number of hydrogen-bond donors (Lipinski definition) is 1. The Hall–Kier alpha value is -2.86. The van der Waals surface area contributed by atoms with Crippen LogP contribution in [0.1, 0.15) is 46.3 Å². The molecule has 25 heavy (non-hydrogen) atoms. The van der Waals surface area contributed by atoms with Crippen LogP contribution < -0.4 is 5.32 Å². The van der Waals surface area contributed by atoms with E-state index in [-0.39, 0.29) is 24.5 Å². The maximum Gasteiger partial charge on any atom is 0.221 e. The van der Waals surface area contributed by atoms with E-state index in [1.165, 1.54) is 17.5 Å². The van der Waals surface area contributed by atoms with Crippen molar-refractivity contribution < 1.29 is 9.59 Å². The summed E-state index contributed by atoms with van der Waals surface area (Å²) in [5.41, 5.74) is 4.28. The van der Waals surface area contributed by atoms with Gasteiger partial charge in [0.25, 0.3) is 0 Å². The summed E-state index contributed by atoms with van der Waals surface area (Å²) in [4.78, 5) is 24.1. The summed E-state index contributed by atoms with van der Waals surface area (Å²) in [6.45, 7) is 0.292. The van der Waals surface area contributed by atoms with Gasteiger partial charge in [0.15, 0.2) is 5.78 Å². The predicted molar refractivity (Wildman–Crippen MR) is 98.4 cm³/mol. The first-order chi connectivity index (χ1) is 12.2. The number of benzene rings is 2. The molecule has 0 atom stereocenters. The number of carbonyl (C=O) groups is 2. The number of nitrogens with one attached hydrogen (secondary N) is 1. The van der Waals surface area contributed by atoms with Crippen LogP contribution in [0, 0.1) is 11.8 Å². The van der Waals surface area contributed by atoms with Crippen molar-refractivity contribution in [3.8, 4) is 11.8 Å². The molecule has 0 saturated carbocycles. The smallest absolute Gasteiger partial charge is 0.221 e. The van der Waals surface area contributed by atoms with E-state index < -0.39 is 0 Å². The van der Waals surface area contributed by atoms with Crippen LogP contribution in [0.4, 0.5) is 0 Å². The van der Waals surface area contributed by atoms with E-state index in [1.807, 2.05) is 42.5 Å². The van der Waals surface area contributed by atoms with Crippen LogP contribution in [0.15, 0.2) is 48.5 Å². The van der Waals surface area contributed by atoms with E-state index in [1.54, 1.807) is 0 Å². The topological polar surface area (TPSA) is 46.2 Å². The number of ketones is 1. The molecule has 1 aliphatic carbocycles. The lowest BCUT2D eigenvalue weighted by atomic mass is 10.0. The van der Waals surface area contributed by atoms with Crippen LogP contribution in [0.2, 0.25) is 0 Å². The second-order valence-electron chi connectivity index (χ2n) is 6.20. The number of rotatable bonds is 5. The highest BCUT2D eigenvalue weighted by atomic mass is 16.2. The minimum absolute atomic E-state index is 0.0280. The Bertz CT molecular complexity index is 828. The summed E-state index contributed by atoms with van der Waals surface area (Å²) < 4.78 is 0. The molecule has 1 N–H and O–H groups in total. The molecule has 0 radical (unpaired) electrons. The molecular weight excluding hydrogens is 310 g/mol. The molecule has 0 spiro atoms. The molecule has 0 aromatic heterocycles. The van der Waals surface area contributed by atoms with Crippen LogP contribution in [0.3, 0.4) is 0 Å². The second-order valence-corrected chi connectivity index (χ2v) is 6.20. The summed E-state index contributed by atoms with van der Waals surface area (Å²) in [6.07, 6.45) is 3.76. The zero-order chi connectivity index (χ0) is 17.5. The van der Waals surface area contributed by atoms with Crippen LogP contribution in [-0.4, -0.2) is 18.2 Å². The molecule has 0 heterocycles. The van der Waals surface area contributed by atoms with Crippen molar-refractivity contribution in [2.75, 3.05) is 6.54 Å². The lowest BCUT2D eigenvalue weighted by Gasteiger charge is -2.05. The van der Waals surface area contributed by atoms with Crippen LogP contribution in [-0.2, 0) is 17.6 Å². The number of hydrogen-bond acceptors (Lipinski definition) is 2. The minimum atomic E-state index is -0.142. The molecule has 126 valence electrons. The normalized spacial score (nSPS) is 12.0. The molecule has 0 bridgehead atoms. The van der Waals surface area contributed by atoms with E-state index in [0.717, 1.165) is 24.0 Å². The molecule has 2 aromatic carbocycles. The zero-order valence-corrected chi connectivity index (χ0v) is 14.2. The lowest BCUT2D eigenvalue weighted by Crippen LogP contribution is -2.24. The molecule has 3 nitrogen and oxygen atoms in total. The molecule has 0 fully saturated rings. The van der Waals surface area contributed by atoms with E-state index in [9.17, 15) is 9.59 Å². The quantitative estimate of drug-likeness (QED) is 0.675. The highest BCUT2D eigenvalue weighted by Gasteiger charge is 2.14. The predicted octanol–water partition coefficient (Wildman–Crippen LogP) is 3.31. The van der Waals surface area contributed by atoms with Gasteiger partial charge in [-0.3, -0.25) is 9.59 Å². The van der Waals surface area contributed by atoms with E-state index in [2.05, 4.69) is 23.2 Å². The fraction of sp³-hybridized carbons (Fsp3) is 0.273. The Morgan fingerprint density at radius 3 is 2.60 bits per heavy atom. The molecule has 1 aliphatic rings. The van der Waals surface area contributed by atoms with Crippen molar-refractivity contribution >= 4 is 11.7 Å². The van der Waals surface area contributed by atoms with E-state index in [0.29, 0.717) is 6.54 Å². The van der Waals surface area contributed by atoms with Crippen LogP contribution >= 0.6 is 0 Å². The largest absolute Gasteiger partial charge is 0.345 e. The summed E-state index contributed by atoms with van der Waals surface area (Å²) in [5, 5.41) is 2.74. The monoisotopic (exact) mass is 331 g/mol. The van der Waals surface area contributed by atoms with Gasteiger partial charge in [-0.1, -0.05) is 42.2 Å². The van der Waals surface area contributed by atoms with Gasteiger partial charge in [-0.25, -0.2) is 0 Å². The maximum atomic E-state index is 12.3. The molecule has 3 heteroatoms. The van der Waals surface area contributed by atoms with Gasteiger partial charge in [0.2, 0.25) is 5.91 Å². The van der Waals surface area contributed by atoms with Gasteiger partial charge in [0.05, 0.1) is 6.54 Å². The van der Waals surface area contributed by atoms with Gasteiger partial charge in [-0.15, -0.1) is 0 Å². The van der Waals surface area contributed by atoms with Crippen LogP contribution in [0.25, 0.3) is 0 Å². The first-order valence-electron chi connectivity index (χ1n) is 8.68. The molecule has 0 unspecified atom stereocenters. The molecule has 1 amide bonds. The van der Waals surface area contributed by atoms with E-state index >= 15 is 0 Å². The number of carbonyl (C=O) groups excluding carboxylic acids is 2. The third kappa shape index (κ3) is 4.81. The van der Waals surface area contributed by atoms with Crippen molar-refractivity contribution in [1.82, 2.24) is 5.32 Å². The number of amides is 1. The highest BCUT2D eigenvalue weighted by Crippen LogP contribution is 2.23. The molecular formula is C22H21NO2. The van der Waals surface area contributed by atoms with Gasteiger partial charge in [0.1, 0.15) is 0 Å². The van der Waals surface area contributed by atoms with Gasteiger partial charge >= 0.3 is 0 Å². The van der Waals surface area contributed by atoms with Crippen molar-refractivity contribution in [3.05, 3.63) is 70.8 Å². The minimum Gasteiger partial charge on any atom is -0.345 e. The third-order valence-electron chi connectivity index (χ3n) is 4.38. The summed E-state index contributed by atoms with van der Waals surface area (Å²) in [6, 6.07) is 15.6. The summed E-state index contributed by atoms with van der Waals surface area (Å²) in [7, 11) is 0. The Balaban J connectivity index is 1.43. The Kier molecular flexibility index (Phi) is 5.64. The van der Waals surface area contributed by atoms with Crippen molar-refractivity contribution in [3.63, 3.8) is 0 Å². The maximum absolute atomic E-state index is 12.3. The first-order valence-corrected chi connectivity index (χ1v) is 8.68. The first kappa shape index (κ1) is 17.0. The molecule has 2 aromatic rings. The Morgan fingerprint density at radius 1 is 0.960 bits per heavy atom. The molecule has 0 saturated heterocycles.